The Balaban J connectivity index is 1.22. The molecule has 7 aromatic carbocycles. The Morgan fingerprint density at radius 3 is 1.80 bits per heavy atom. The Bertz CT molecular complexity index is 2480. The monoisotopic (exact) mass is 629 g/mol. The Morgan fingerprint density at radius 2 is 1.06 bits per heavy atom. The van der Waals surface area contributed by atoms with E-state index in [1.807, 2.05) is 0 Å². The van der Waals surface area contributed by atoms with Crippen molar-refractivity contribution in [3.63, 3.8) is 0 Å². The zero-order valence-electron chi connectivity index (χ0n) is 27.4. The van der Waals surface area contributed by atoms with Gasteiger partial charge in [0, 0.05) is 22.3 Å². The van der Waals surface area contributed by atoms with Gasteiger partial charge in [-0.2, -0.15) is 0 Å². The number of hydrogen-bond donors (Lipinski definition) is 0. The third kappa shape index (κ3) is 5.15. The average molecular weight is 630 g/mol. The first-order valence-corrected chi connectivity index (χ1v) is 17.1. The fourth-order valence-electron chi connectivity index (χ4n) is 7.53. The second-order valence-electron chi connectivity index (χ2n) is 12.9. The van der Waals surface area contributed by atoms with E-state index in [1.165, 1.54) is 54.8 Å². The predicted octanol–water partition coefficient (Wildman–Crippen LogP) is 11.8. The summed E-state index contributed by atoms with van der Waals surface area (Å²) in [4.78, 5) is 11.0. The van der Waals surface area contributed by atoms with Crippen LogP contribution in [-0.2, 0) is 0 Å². The quantitative estimate of drug-likeness (QED) is 0.181. The number of amidine groups is 1. The van der Waals surface area contributed by atoms with Crippen molar-refractivity contribution in [1.82, 2.24) is 4.57 Å². The number of benzene rings is 7. The highest BCUT2D eigenvalue weighted by molar-refractivity contribution is 6.18. The molecule has 0 saturated heterocycles. The molecule has 1 aliphatic heterocycles. The van der Waals surface area contributed by atoms with Gasteiger partial charge in [0.15, 0.2) is 5.84 Å². The van der Waals surface area contributed by atoms with Crippen molar-refractivity contribution < 1.29 is 0 Å². The zero-order chi connectivity index (χ0) is 32.7. The van der Waals surface area contributed by atoms with Crippen molar-refractivity contribution in [1.29, 1.82) is 0 Å². The maximum absolute atomic E-state index is 5.50. The lowest BCUT2D eigenvalue weighted by molar-refractivity contribution is 0.522. The summed E-state index contributed by atoms with van der Waals surface area (Å²) in [6, 6.07) is 60.8. The van der Waals surface area contributed by atoms with Gasteiger partial charge >= 0.3 is 0 Å². The van der Waals surface area contributed by atoms with Crippen molar-refractivity contribution in [2.75, 3.05) is 0 Å². The van der Waals surface area contributed by atoms with Gasteiger partial charge in [-0.15, -0.1) is 0 Å². The molecule has 8 aromatic rings. The summed E-state index contributed by atoms with van der Waals surface area (Å²) < 4.78 is 2.39. The minimum atomic E-state index is -0.0958. The van der Waals surface area contributed by atoms with Crippen LogP contribution in [0.4, 0.5) is 0 Å². The Labute approximate surface area is 286 Å². The average Bonchev–Trinajstić information content (AvgIpc) is 3.52. The maximum atomic E-state index is 5.50. The normalized spacial score (nSPS) is 16.2. The second-order valence-corrected chi connectivity index (χ2v) is 12.9. The summed E-state index contributed by atoms with van der Waals surface area (Å²) in [6.45, 7) is 2.26. The number of para-hydroxylation sites is 2. The first-order valence-electron chi connectivity index (χ1n) is 17.1. The van der Waals surface area contributed by atoms with Crippen LogP contribution in [0.15, 0.2) is 180 Å². The molecule has 234 valence electrons. The van der Waals surface area contributed by atoms with E-state index in [-0.39, 0.29) is 12.0 Å². The Kier molecular flexibility index (Phi) is 7.24. The number of rotatable bonds is 5. The first-order chi connectivity index (χ1) is 24.2. The van der Waals surface area contributed by atoms with Gasteiger partial charge in [-0.1, -0.05) is 153 Å². The van der Waals surface area contributed by atoms with Crippen LogP contribution in [0.1, 0.15) is 30.5 Å². The van der Waals surface area contributed by atoms with Crippen molar-refractivity contribution in [2.45, 2.75) is 19.4 Å². The lowest BCUT2D eigenvalue weighted by Crippen LogP contribution is -2.32. The van der Waals surface area contributed by atoms with E-state index in [9.17, 15) is 0 Å². The van der Waals surface area contributed by atoms with Crippen LogP contribution < -0.4 is 0 Å². The summed E-state index contributed by atoms with van der Waals surface area (Å²) in [5, 5.41) is 4.95. The van der Waals surface area contributed by atoms with Gasteiger partial charge in [0.2, 0.25) is 0 Å². The van der Waals surface area contributed by atoms with Crippen LogP contribution in [0, 0.1) is 5.92 Å². The molecule has 2 heterocycles. The second kappa shape index (κ2) is 12.2. The highest BCUT2D eigenvalue weighted by atomic mass is 15.1. The summed E-state index contributed by atoms with van der Waals surface area (Å²) in [7, 11) is 0. The third-order valence-electron chi connectivity index (χ3n) is 10.0. The van der Waals surface area contributed by atoms with Gasteiger partial charge < -0.3 is 0 Å². The smallest absolute Gasteiger partial charge is 0.157 e. The molecule has 3 heteroatoms. The number of aromatic nitrogens is 1. The van der Waals surface area contributed by atoms with E-state index in [0.717, 1.165) is 29.2 Å². The van der Waals surface area contributed by atoms with E-state index in [1.54, 1.807) is 0 Å². The minimum Gasteiger partial charge on any atom is -0.297 e. The molecule has 0 N–H and O–H groups in total. The zero-order valence-corrected chi connectivity index (χ0v) is 27.4. The topological polar surface area (TPSA) is 29.6 Å². The molecule has 2 unspecified atom stereocenters. The lowest BCUT2D eigenvalue weighted by atomic mass is 9.87. The van der Waals surface area contributed by atoms with Crippen LogP contribution in [-0.4, -0.2) is 16.2 Å². The molecule has 1 aliphatic rings. The largest absolute Gasteiger partial charge is 0.297 e. The fraction of sp³-hybridized carbons (Fsp3) is 0.0870. The van der Waals surface area contributed by atoms with Gasteiger partial charge in [-0.25, -0.2) is 4.99 Å². The SMILES string of the molecule is CCC1C(n2c3ccccc3c3ccccc32)=NC(c2cccc(-c3ccc4ccccc4c3)c2)=NC1c1ccc(-c2ccccc2)cc1. The van der Waals surface area contributed by atoms with Crippen LogP contribution in [0.3, 0.4) is 0 Å². The summed E-state index contributed by atoms with van der Waals surface area (Å²) in [5.41, 5.74) is 9.32. The summed E-state index contributed by atoms with van der Waals surface area (Å²) in [6.07, 6.45) is 0.901. The number of fused-ring (bicyclic) bond motifs is 4. The van der Waals surface area contributed by atoms with Gasteiger partial charge in [0.1, 0.15) is 5.84 Å². The molecule has 2 atom stereocenters. The molecule has 1 aromatic heterocycles. The predicted molar refractivity (Wildman–Crippen MR) is 207 cm³/mol. The molecule has 3 nitrogen and oxygen atoms in total. The van der Waals surface area contributed by atoms with Gasteiger partial charge in [0.25, 0.3) is 0 Å². The standard InChI is InChI=1S/C46H35N3/c1-2-39-44(34-26-23-33(24-27-34)31-13-4-3-5-14-31)47-45(38-18-12-17-36(30-38)37-28-25-32-15-6-7-16-35(32)29-37)48-46(39)49-42-21-10-8-19-40(42)41-20-9-11-22-43(41)49/h3-30,39,44H,2H2,1H3. The molecule has 0 amide bonds. The molecule has 0 radical (unpaired) electrons. The van der Waals surface area contributed by atoms with Crippen LogP contribution in [0.2, 0.25) is 0 Å². The molecule has 0 spiro atoms. The van der Waals surface area contributed by atoms with E-state index in [0.29, 0.717) is 0 Å². The van der Waals surface area contributed by atoms with Crippen LogP contribution in [0.5, 0.6) is 0 Å². The van der Waals surface area contributed by atoms with Crippen molar-refractivity contribution >= 4 is 44.2 Å². The number of aliphatic imine (C=N–C) groups is 2. The van der Waals surface area contributed by atoms with E-state index in [2.05, 4.69) is 181 Å². The highest BCUT2D eigenvalue weighted by Gasteiger charge is 2.33. The molecule has 9 rings (SSSR count). The Morgan fingerprint density at radius 1 is 0.490 bits per heavy atom. The highest BCUT2D eigenvalue weighted by Crippen LogP contribution is 2.39. The van der Waals surface area contributed by atoms with Crippen molar-refractivity contribution in [3.8, 4) is 22.3 Å². The van der Waals surface area contributed by atoms with E-state index >= 15 is 0 Å². The van der Waals surface area contributed by atoms with Gasteiger partial charge in [0.05, 0.1) is 17.1 Å². The molecule has 0 fully saturated rings. The molecule has 0 saturated carbocycles. The fourth-order valence-corrected chi connectivity index (χ4v) is 7.53. The van der Waals surface area contributed by atoms with E-state index < -0.39 is 0 Å². The first kappa shape index (κ1) is 29.1. The van der Waals surface area contributed by atoms with Crippen molar-refractivity contribution in [3.05, 3.63) is 181 Å². The minimum absolute atomic E-state index is 0.0780. The summed E-state index contributed by atoms with van der Waals surface area (Å²) in [5.74, 6) is 1.88. The summed E-state index contributed by atoms with van der Waals surface area (Å²) >= 11 is 0. The number of nitrogens with zero attached hydrogens (tertiary/aromatic N) is 3. The molecular formula is C46H35N3. The number of hydrogen-bond acceptors (Lipinski definition) is 2. The van der Waals surface area contributed by atoms with Gasteiger partial charge in [-0.3, -0.25) is 9.56 Å². The Hall–Kier alpha value is -6.06. The van der Waals surface area contributed by atoms with Crippen molar-refractivity contribution in [2.24, 2.45) is 15.9 Å². The van der Waals surface area contributed by atoms with Gasteiger partial charge in [-0.05, 0) is 69.3 Å². The molecular weight excluding hydrogens is 595 g/mol. The molecule has 49 heavy (non-hydrogen) atoms. The van der Waals surface area contributed by atoms with Crippen LogP contribution in [0.25, 0.3) is 54.8 Å². The van der Waals surface area contributed by atoms with E-state index in [4.69, 9.17) is 9.98 Å². The lowest BCUT2D eigenvalue weighted by Gasteiger charge is -2.31. The maximum Gasteiger partial charge on any atom is 0.157 e. The molecule has 0 aliphatic carbocycles. The van der Waals surface area contributed by atoms with Crippen LogP contribution >= 0.6 is 0 Å². The molecule has 0 bridgehead atoms. The third-order valence-corrected chi connectivity index (χ3v) is 10.0.